The molecule has 0 fully saturated rings. The molecule has 0 radical (unpaired) electrons. The Morgan fingerprint density at radius 2 is 1.23 bits per heavy atom. The highest BCUT2D eigenvalue weighted by atomic mass is 16.5. The molecule has 0 saturated heterocycles. The summed E-state index contributed by atoms with van der Waals surface area (Å²) in [6.07, 6.45) is 0. The minimum Gasteiger partial charge on any atom is -0.456 e. The molecule has 3 aliphatic rings. The lowest BCUT2D eigenvalue weighted by Crippen LogP contribution is -2.55. The monoisotopic (exact) mass is 786 g/mol. The van der Waals surface area contributed by atoms with Gasteiger partial charge in [0.1, 0.15) is 16.9 Å². The second-order valence-electron chi connectivity index (χ2n) is 19.3. The van der Waals surface area contributed by atoms with Crippen molar-refractivity contribution >= 4 is 72.9 Å². The minimum absolute atomic E-state index is 0.0283. The second-order valence-corrected chi connectivity index (χ2v) is 19.3. The summed E-state index contributed by atoms with van der Waals surface area (Å²) in [5.41, 5.74) is 20.1. The topological polar surface area (TPSA) is 30.5 Å². The number of hydrogen-bond donors (Lipinski definition) is 0. The van der Waals surface area contributed by atoms with Gasteiger partial charge in [0, 0.05) is 32.8 Å². The molecule has 292 valence electrons. The van der Waals surface area contributed by atoms with Gasteiger partial charge in [0.25, 0.3) is 0 Å². The Labute approximate surface area is 355 Å². The summed E-state index contributed by atoms with van der Waals surface area (Å²) in [7, 11) is 0. The molecule has 0 aliphatic carbocycles. The van der Waals surface area contributed by atoms with E-state index in [0.717, 1.165) is 50.5 Å². The van der Waals surface area contributed by atoms with Crippen LogP contribution in [-0.4, -0.2) is 11.4 Å². The first kappa shape index (κ1) is 34.8. The highest BCUT2D eigenvalue weighted by molar-refractivity contribution is 6.95. The first-order valence-electron chi connectivity index (χ1n) is 21.5. The third-order valence-electron chi connectivity index (χ3n) is 13.6. The van der Waals surface area contributed by atoms with Gasteiger partial charge in [0.2, 0.25) is 0 Å². The van der Waals surface area contributed by atoms with Crippen molar-refractivity contribution in [2.45, 2.75) is 52.4 Å². The number of aromatic nitrogens is 1. The van der Waals surface area contributed by atoms with Crippen LogP contribution in [0.2, 0.25) is 0 Å². The number of nitrogens with zero attached hydrogens (tertiary/aromatic N) is 2. The van der Waals surface area contributed by atoms with E-state index in [1.54, 1.807) is 0 Å². The molecule has 10 aromatic rings. The molecule has 0 amide bonds. The molecule has 5 heterocycles. The van der Waals surface area contributed by atoms with Crippen molar-refractivity contribution < 1.29 is 9.15 Å². The molecule has 2 aromatic heterocycles. The Morgan fingerprint density at radius 3 is 2.05 bits per heavy atom. The number of benzene rings is 8. The zero-order valence-corrected chi connectivity index (χ0v) is 35.2. The summed E-state index contributed by atoms with van der Waals surface area (Å²) < 4.78 is 15.9. The lowest BCUT2D eigenvalue weighted by molar-refractivity contribution is 0.470. The zero-order chi connectivity index (χ0) is 41.1. The average molecular weight is 787 g/mol. The smallest absolute Gasteiger partial charge is 0.330 e. The molecule has 8 aromatic carbocycles. The molecule has 0 unspecified atom stereocenters. The zero-order valence-electron chi connectivity index (χ0n) is 35.2. The van der Waals surface area contributed by atoms with Crippen LogP contribution in [-0.2, 0) is 10.8 Å². The molecule has 0 spiro atoms. The number of furan rings is 1. The van der Waals surface area contributed by atoms with Gasteiger partial charge in [-0.3, -0.25) is 0 Å². The van der Waals surface area contributed by atoms with E-state index in [1.165, 1.54) is 77.2 Å². The van der Waals surface area contributed by atoms with Crippen molar-refractivity contribution in [2.75, 3.05) is 4.81 Å². The van der Waals surface area contributed by atoms with Gasteiger partial charge in [-0.05, 0) is 140 Å². The van der Waals surface area contributed by atoms with Gasteiger partial charge in [-0.1, -0.05) is 114 Å². The maximum absolute atomic E-state index is 7.13. The number of anilines is 2. The maximum Gasteiger partial charge on any atom is 0.330 e. The maximum atomic E-state index is 7.13. The van der Waals surface area contributed by atoms with Crippen LogP contribution in [0.15, 0.2) is 156 Å². The number of ether oxygens (including phenoxy) is 1. The van der Waals surface area contributed by atoms with E-state index in [-0.39, 0.29) is 17.7 Å². The summed E-state index contributed by atoms with van der Waals surface area (Å²) in [6.45, 7) is 13.7. The van der Waals surface area contributed by atoms with Crippen LogP contribution in [0.25, 0.3) is 82.8 Å². The van der Waals surface area contributed by atoms with Crippen molar-refractivity contribution in [3.05, 3.63) is 163 Å². The van der Waals surface area contributed by atoms with Crippen LogP contribution in [0.5, 0.6) is 11.5 Å². The Bertz CT molecular complexity index is 3540. The molecule has 4 nitrogen and oxygen atoms in total. The number of para-hydroxylation sites is 3. The average Bonchev–Trinajstić information content (AvgIpc) is 3.92. The third-order valence-corrected chi connectivity index (χ3v) is 13.6. The van der Waals surface area contributed by atoms with Crippen LogP contribution in [0.4, 0.5) is 11.4 Å². The van der Waals surface area contributed by atoms with E-state index >= 15 is 0 Å². The summed E-state index contributed by atoms with van der Waals surface area (Å²) in [5.74, 6) is 1.83. The van der Waals surface area contributed by atoms with Crippen LogP contribution < -0.4 is 20.5 Å². The predicted octanol–water partition coefficient (Wildman–Crippen LogP) is 14.0. The van der Waals surface area contributed by atoms with Crippen molar-refractivity contribution in [2.24, 2.45) is 0 Å². The van der Waals surface area contributed by atoms with Crippen molar-refractivity contribution in [3.63, 3.8) is 0 Å². The molecule has 3 aliphatic heterocycles. The number of fused-ring (bicyclic) bond motifs is 14. The highest BCUT2D eigenvalue weighted by Crippen LogP contribution is 2.57. The molecule has 13 rings (SSSR count). The van der Waals surface area contributed by atoms with Crippen molar-refractivity contribution in [3.8, 4) is 50.6 Å². The predicted molar refractivity (Wildman–Crippen MR) is 255 cm³/mol. The van der Waals surface area contributed by atoms with E-state index in [1.807, 2.05) is 6.07 Å². The van der Waals surface area contributed by atoms with Gasteiger partial charge < -0.3 is 18.5 Å². The van der Waals surface area contributed by atoms with Gasteiger partial charge in [-0.2, -0.15) is 0 Å². The minimum atomic E-state index is -0.105. The number of hydrogen-bond acceptors (Lipinski definition) is 3. The largest absolute Gasteiger partial charge is 0.456 e. The molecular weight excluding hydrogens is 743 g/mol. The molecule has 0 N–H and O–H groups in total. The van der Waals surface area contributed by atoms with E-state index in [4.69, 9.17) is 9.15 Å². The fourth-order valence-electron chi connectivity index (χ4n) is 10.7. The Kier molecular flexibility index (Phi) is 6.77. The van der Waals surface area contributed by atoms with Crippen LogP contribution in [0, 0.1) is 0 Å². The first-order valence-corrected chi connectivity index (χ1v) is 21.5. The quantitative estimate of drug-likeness (QED) is 0.164. The Morgan fingerprint density at radius 1 is 0.508 bits per heavy atom. The van der Waals surface area contributed by atoms with Crippen LogP contribution >= 0.6 is 0 Å². The highest BCUT2D eigenvalue weighted by Gasteiger charge is 2.49. The van der Waals surface area contributed by atoms with E-state index in [9.17, 15) is 0 Å². The summed E-state index contributed by atoms with van der Waals surface area (Å²) >= 11 is 0. The lowest BCUT2D eigenvalue weighted by atomic mass is 9.48. The van der Waals surface area contributed by atoms with Gasteiger partial charge in [-0.25, -0.2) is 0 Å². The summed E-state index contributed by atoms with van der Waals surface area (Å²) in [4.78, 5) is 2.62. The third kappa shape index (κ3) is 4.78. The van der Waals surface area contributed by atoms with Gasteiger partial charge in [0.05, 0.1) is 22.4 Å². The second kappa shape index (κ2) is 11.9. The standard InChI is InChI=1S/C56H43BN2O2/c1-55(2,3)34-21-23-45-49(30-34)61-50-31-35(56(4,5)6)29-41-40-27-33(32-20-25-48-39(26-32)37-16-11-13-19-47(37)60-48)28-42-51-43(57(53(40)42)59(45)54(41)50)22-24-46-52(51)38-17-10-12-18-44(38)58(46)36-14-8-7-9-15-36/h7-31H,1-6H3. The Balaban J connectivity index is 1.17. The van der Waals surface area contributed by atoms with Crippen molar-refractivity contribution in [1.82, 2.24) is 4.57 Å². The van der Waals surface area contributed by atoms with E-state index < -0.39 is 0 Å². The van der Waals surface area contributed by atoms with Crippen molar-refractivity contribution in [1.29, 1.82) is 0 Å². The van der Waals surface area contributed by atoms with Gasteiger partial charge in [0.15, 0.2) is 5.75 Å². The Hall–Kier alpha value is -6.98. The molecule has 0 bridgehead atoms. The number of rotatable bonds is 2. The summed E-state index contributed by atoms with van der Waals surface area (Å²) in [6, 6.07) is 56.2. The molecule has 0 atom stereocenters. The lowest BCUT2D eigenvalue weighted by Gasteiger charge is -2.43. The SMILES string of the molecule is CC(C)(C)c1ccc2c(c1)Oc1cc(C(C)(C)C)cc3c1N2B1c2ccc4c(c2-c2cc(-c5ccc6oc7ccccc7c6c5)cc-3c21)c1ccccc1n4-c1ccccc1. The van der Waals surface area contributed by atoms with E-state index in [2.05, 4.69) is 197 Å². The van der Waals surface area contributed by atoms with E-state index in [0.29, 0.717) is 0 Å². The molecule has 5 heteroatoms. The van der Waals surface area contributed by atoms with Gasteiger partial charge >= 0.3 is 6.85 Å². The fourth-order valence-corrected chi connectivity index (χ4v) is 10.7. The summed E-state index contributed by atoms with van der Waals surface area (Å²) in [5, 5.41) is 4.81. The normalized spacial score (nSPS) is 13.8. The molecule has 0 saturated carbocycles. The molecular formula is C56H43BN2O2. The van der Waals surface area contributed by atoms with Crippen LogP contribution in [0.1, 0.15) is 52.7 Å². The van der Waals surface area contributed by atoms with Crippen LogP contribution in [0.3, 0.4) is 0 Å². The van der Waals surface area contributed by atoms with Gasteiger partial charge in [-0.15, -0.1) is 0 Å². The molecule has 61 heavy (non-hydrogen) atoms. The first-order chi connectivity index (χ1) is 29.5. The fraction of sp³-hybridized carbons (Fsp3) is 0.143.